The maximum Gasteiger partial charge on any atom is 0.191 e. The molecule has 0 amide bonds. The van der Waals surface area contributed by atoms with E-state index in [4.69, 9.17) is 14.5 Å². The van der Waals surface area contributed by atoms with Gasteiger partial charge in [0.05, 0.1) is 18.8 Å². The van der Waals surface area contributed by atoms with Gasteiger partial charge in [0, 0.05) is 39.9 Å². The molecule has 6 nitrogen and oxygen atoms in total. The second-order valence-electron chi connectivity index (χ2n) is 7.99. The van der Waals surface area contributed by atoms with Crippen molar-refractivity contribution >= 4 is 29.9 Å². The molecule has 29 heavy (non-hydrogen) atoms. The third kappa shape index (κ3) is 14.7. The summed E-state index contributed by atoms with van der Waals surface area (Å²) in [6.07, 6.45) is 1.05. The Bertz CT molecular complexity index is 576. The minimum absolute atomic E-state index is 0. The number of methoxy groups -OCH3 is 1. The Hall–Kier alpha value is -0.900. The standard InChI is InChI=1S/C22H40N4O2.HI/c1-7-23-21(24-12-14-26(5)13-9-15-27-6)25-17-19-10-8-11-20(16-19)18-28-22(2,3)4;/h8,10-11,16H,7,9,12-15,17-18H2,1-6H3,(H2,23,24,25);1H. The molecule has 1 aromatic carbocycles. The first-order valence-corrected chi connectivity index (χ1v) is 10.3. The molecule has 0 radical (unpaired) electrons. The maximum atomic E-state index is 5.87. The summed E-state index contributed by atoms with van der Waals surface area (Å²) in [4.78, 5) is 7.02. The summed E-state index contributed by atoms with van der Waals surface area (Å²) < 4.78 is 11.0. The number of halogens is 1. The molecule has 168 valence electrons. The second-order valence-corrected chi connectivity index (χ2v) is 7.99. The summed E-state index contributed by atoms with van der Waals surface area (Å²) in [7, 11) is 3.88. The highest BCUT2D eigenvalue weighted by Gasteiger charge is 2.10. The molecular formula is C22H41IN4O2. The normalized spacial score (nSPS) is 12.0. The minimum atomic E-state index is -0.132. The van der Waals surface area contributed by atoms with E-state index >= 15 is 0 Å². The highest BCUT2D eigenvalue weighted by Crippen LogP contribution is 2.13. The number of rotatable bonds is 12. The lowest BCUT2D eigenvalue weighted by molar-refractivity contribution is -0.0149. The van der Waals surface area contributed by atoms with Crippen LogP contribution in [0.3, 0.4) is 0 Å². The number of nitrogens with one attached hydrogen (secondary N) is 2. The first kappa shape index (κ1) is 28.1. The summed E-state index contributed by atoms with van der Waals surface area (Å²) >= 11 is 0. The van der Waals surface area contributed by atoms with Crippen molar-refractivity contribution in [2.75, 3.05) is 46.9 Å². The van der Waals surface area contributed by atoms with Gasteiger partial charge in [-0.3, -0.25) is 0 Å². The summed E-state index contributed by atoms with van der Waals surface area (Å²) in [5.41, 5.74) is 2.23. The molecule has 0 aliphatic heterocycles. The smallest absolute Gasteiger partial charge is 0.191 e. The van der Waals surface area contributed by atoms with Crippen molar-refractivity contribution in [1.29, 1.82) is 0 Å². The molecule has 0 unspecified atom stereocenters. The molecule has 0 fully saturated rings. The lowest BCUT2D eigenvalue weighted by Gasteiger charge is -2.19. The van der Waals surface area contributed by atoms with E-state index in [9.17, 15) is 0 Å². The summed E-state index contributed by atoms with van der Waals surface area (Å²) in [5, 5.41) is 6.73. The quantitative estimate of drug-likeness (QED) is 0.191. The molecular weight excluding hydrogens is 479 g/mol. The van der Waals surface area contributed by atoms with E-state index in [1.54, 1.807) is 7.11 Å². The third-order valence-electron chi connectivity index (χ3n) is 4.10. The average Bonchev–Trinajstić information content (AvgIpc) is 2.64. The maximum absolute atomic E-state index is 5.87. The van der Waals surface area contributed by atoms with Crippen molar-refractivity contribution in [1.82, 2.24) is 15.5 Å². The number of aliphatic imine (C=N–C) groups is 1. The van der Waals surface area contributed by atoms with Crippen molar-refractivity contribution < 1.29 is 9.47 Å². The molecule has 1 rings (SSSR count). The molecule has 0 heterocycles. The Balaban J connectivity index is 0.00000784. The first-order chi connectivity index (χ1) is 13.3. The molecule has 0 spiro atoms. The van der Waals surface area contributed by atoms with Crippen molar-refractivity contribution in [3.8, 4) is 0 Å². The fourth-order valence-electron chi connectivity index (χ4n) is 2.59. The van der Waals surface area contributed by atoms with E-state index in [2.05, 4.69) is 74.5 Å². The van der Waals surface area contributed by atoms with Crippen LogP contribution in [-0.2, 0) is 22.6 Å². The van der Waals surface area contributed by atoms with Crippen LogP contribution in [0, 0.1) is 0 Å². The fraction of sp³-hybridized carbons (Fsp3) is 0.682. The van der Waals surface area contributed by atoms with E-state index in [0.717, 1.165) is 45.2 Å². The number of benzene rings is 1. The predicted molar refractivity (Wildman–Crippen MR) is 133 cm³/mol. The Morgan fingerprint density at radius 3 is 2.52 bits per heavy atom. The molecule has 7 heteroatoms. The predicted octanol–water partition coefficient (Wildman–Crippen LogP) is 3.64. The molecule has 0 aliphatic carbocycles. The van der Waals surface area contributed by atoms with Crippen LogP contribution in [0.4, 0.5) is 0 Å². The van der Waals surface area contributed by atoms with Gasteiger partial charge in [0.15, 0.2) is 5.96 Å². The topological polar surface area (TPSA) is 58.1 Å². The van der Waals surface area contributed by atoms with Gasteiger partial charge in [-0.2, -0.15) is 0 Å². The van der Waals surface area contributed by atoms with Crippen molar-refractivity contribution in [2.45, 2.75) is 52.9 Å². The minimum Gasteiger partial charge on any atom is -0.385 e. The van der Waals surface area contributed by atoms with Crippen LogP contribution in [0.2, 0.25) is 0 Å². The first-order valence-electron chi connectivity index (χ1n) is 10.3. The monoisotopic (exact) mass is 520 g/mol. The van der Waals surface area contributed by atoms with Gasteiger partial charge in [-0.15, -0.1) is 24.0 Å². The van der Waals surface area contributed by atoms with Crippen LogP contribution in [-0.4, -0.2) is 63.4 Å². The molecule has 0 atom stereocenters. The van der Waals surface area contributed by atoms with Crippen LogP contribution in [0.5, 0.6) is 0 Å². The lowest BCUT2D eigenvalue weighted by atomic mass is 10.1. The zero-order valence-electron chi connectivity index (χ0n) is 19.1. The van der Waals surface area contributed by atoms with E-state index < -0.39 is 0 Å². The van der Waals surface area contributed by atoms with Crippen LogP contribution in [0.1, 0.15) is 45.2 Å². The molecule has 0 aliphatic rings. The van der Waals surface area contributed by atoms with E-state index in [1.807, 2.05) is 0 Å². The van der Waals surface area contributed by atoms with Crippen molar-refractivity contribution in [2.24, 2.45) is 4.99 Å². The molecule has 0 saturated carbocycles. The lowest BCUT2D eigenvalue weighted by Crippen LogP contribution is -2.41. The van der Waals surface area contributed by atoms with Crippen LogP contribution < -0.4 is 10.6 Å². The van der Waals surface area contributed by atoms with E-state index in [0.29, 0.717) is 13.2 Å². The number of guanidine groups is 1. The number of ether oxygens (including phenoxy) is 2. The molecule has 2 N–H and O–H groups in total. The van der Waals surface area contributed by atoms with Crippen LogP contribution in [0.25, 0.3) is 0 Å². The number of hydrogen-bond acceptors (Lipinski definition) is 4. The van der Waals surface area contributed by atoms with Gasteiger partial charge in [0.25, 0.3) is 0 Å². The van der Waals surface area contributed by atoms with Gasteiger partial charge in [-0.1, -0.05) is 24.3 Å². The summed E-state index contributed by atoms with van der Waals surface area (Å²) in [6.45, 7) is 14.1. The zero-order chi connectivity index (χ0) is 20.8. The molecule has 0 bridgehead atoms. The number of likely N-dealkylation sites (N-methyl/N-ethyl adjacent to an activating group) is 1. The van der Waals surface area contributed by atoms with Gasteiger partial charge in [0.2, 0.25) is 0 Å². The Kier molecular flexibility index (Phi) is 15.4. The van der Waals surface area contributed by atoms with Gasteiger partial charge in [-0.05, 0) is 52.3 Å². The highest BCUT2D eigenvalue weighted by molar-refractivity contribution is 14.0. The fourth-order valence-corrected chi connectivity index (χ4v) is 2.59. The number of nitrogens with zero attached hydrogens (tertiary/aromatic N) is 2. The van der Waals surface area contributed by atoms with Crippen molar-refractivity contribution in [3.05, 3.63) is 35.4 Å². The third-order valence-corrected chi connectivity index (χ3v) is 4.10. The van der Waals surface area contributed by atoms with E-state index in [1.165, 1.54) is 11.1 Å². The molecule has 0 saturated heterocycles. The van der Waals surface area contributed by atoms with Crippen LogP contribution >= 0.6 is 24.0 Å². The summed E-state index contributed by atoms with van der Waals surface area (Å²) in [5.74, 6) is 0.851. The number of hydrogen-bond donors (Lipinski definition) is 2. The van der Waals surface area contributed by atoms with Gasteiger partial charge >= 0.3 is 0 Å². The van der Waals surface area contributed by atoms with Gasteiger partial charge < -0.3 is 25.0 Å². The molecule has 0 aromatic heterocycles. The Morgan fingerprint density at radius 1 is 1.14 bits per heavy atom. The largest absolute Gasteiger partial charge is 0.385 e. The van der Waals surface area contributed by atoms with Crippen molar-refractivity contribution in [3.63, 3.8) is 0 Å². The highest BCUT2D eigenvalue weighted by atomic mass is 127. The Morgan fingerprint density at radius 2 is 1.86 bits per heavy atom. The molecule has 1 aromatic rings. The van der Waals surface area contributed by atoms with Gasteiger partial charge in [0.1, 0.15) is 0 Å². The van der Waals surface area contributed by atoms with Crippen LogP contribution in [0.15, 0.2) is 29.3 Å². The zero-order valence-corrected chi connectivity index (χ0v) is 21.4. The second kappa shape index (κ2) is 15.9. The average molecular weight is 521 g/mol. The van der Waals surface area contributed by atoms with Gasteiger partial charge in [-0.25, -0.2) is 4.99 Å². The van der Waals surface area contributed by atoms with E-state index in [-0.39, 0.29) is 29.6 Å². The Labute approximate surface area is 194 Å². The summed E-state index contributed by atoms with van der Waals surface area (Å²) in [6, 6.07) is 8.45. The SMILES string of the molecule is CCNC(=NCc1cccc(COC(C)(C)C)c1)NCCN(C)CCCOC.I.